The number of fused-ring (bicyclic) bond motifs is 1. The summed E-state index contributed by atoms with van der Waals surface area (Å²) in [6.07, 6.45) is 2.50. The van der Waals surface area contributed by atoms with Crippen LogP contribution in [0.4, 0.5) is 4.39 Å². The Hall–Kier alpha value is -2.50. The lowest BCUT2D eigenvalue weighted by Gasteiger charge is -2.22. The van der Waals surface area contributed by atoms with E-state index >= 15 is 0 Å². The minimum Gasteiger partial charge on any atom is -0.493 e. The van der Waals surface area contributed by atoms with E-state index in [0.29, 0.717) is 38.6 Å². The number of pyridine rings is 1. The van der Waals surface area contributed by atoms with Crippen LogP contribution < -0.4 is 4.74 Å². The van der Waals surface area contributed by atoms with Crippen LogP contribution in [-0.2, 0) is 9.47 Å². The van der Waals surface area contributed by atoms with Crippen molar-refractivity contribution in [2.75, 3.05) is 26.4 Å². The zero-order valence-electron chi connectivity index (χ0n) is 14.4. The third kappa shape index (κ3) is 3.84. The quantitative estimate of drug-likeness (QED) is 0.688. The second-order valence-electron chi connectivity index (χ2n) is 6.26. The van der Waals surface area contributed by atoms with Crippen LogP contribution >= 0.6 is 0 Å². The minimum absolute atomic E-state index is 0.0408. The van der Waals surface area contributed by atoms with Crippen molar-refractivity contribution < 1.29 is 18.6 Å². The fraction of sp³-hybridized carbons (Fsp3) is 0.286. The summed E-state index contributed by atoms with van der Waals surface area (Å²) in [4.78, 5) is 4.45. The molecular weight excluding hydrogens is 333 g/mol. The van der Waals surface area contributed by atoms with Crippen LogP contribution in [-0.4, -0.2) is 37.5 Å². The molecule has 3 aromatic rings. The SMILES string of the molecule is Fc1cc(OCCC2COCCO2)cc(-c2cccc3cccnc23)c1. The molecule has 1 aliphatic rings. The first-order valence-electron chi connectivity index (χ1n) is 8.76. The van der Waals surface area contributed by atoms with Gasteiger partial charge in [-0.1, -0.05) is 24.3 Å². The lowest BCUT2D eigenvalue weighted by molar-refractivity contribution is -0.0935. The average molecular weight is 353 g/mol. The Balaban J connectivity index is 1.54. The molecule has 4 nitrogen and oxygen atoms in total. The Kier molecular flexibility index (Phi) is 5.09. The van der Waals surface area contributed by atoms with Crippen molar-refractivity contribution in [2.45, 2.75) is 12.5 Å². The van der Waals surface area contributed by atoms with Crippen LogP contribution in [0.3, 0.4) is 0 Å². The lowest BCUT2D eigenvalue weighted by atomic mass is 10.0. The number of aromatic nitrogens is 1. The van der Waals surface area contributed by atoms with E-state index in [-0.39, 0.29) is 11.9 Å². The Bertz CT molecular complexity index is 888. The standard InChI is InChI=1S/C21H20FNO3/c22-17-11-16(20-5-1-3-15-4-2-7-23-21(15)20)12-19(13-17)25-8-6-18-14-24-9-10-26-18/h1-5,7,11-13,18H,6,8-10,14H2. The number of hydrogen-bond donors (Lipinski definition) is 0. The molecule has 1 unspecified atom stereocenters. The van der Waals surface area contributed by atoms with Crippen LogP contribution in [0.2, 0.25) is 0 Å². The molecule has 1 saturated heterocycles. The van der Waals surface area contributed by atoms with Gasteiger partial charge in [-0.05, 0) is 23.8 Å². The zero-order chi connectivity index (χ0) is 17.8. The summed E-state index contributed by atoms with van der Waals surface area (Å²) in [6, 6.07) is 14.5. The Morgan fingerprint density at radius 3 is 2.92 bits per heavy atom. The third-order valence-electron chi connectivity index (χ3n) is 4.41. The number of hydrogen-bond acceptors (Lipinski definition) is 4. The second-order valence-corrected chi connectivity index (χ2v) is 6.26. The predicted octanol–water partition coefficient (Wildman–Crippen LogP) is 4.23. The summed E-state index contributed by atoms with van der Waals surface area (Å²) in [5.74, 6) is 0.173. The number of halogens is 1. The van der Waals surface area contributed by atoms with Gasteiger partial charge >= 0.3 is 0 Å². The van der Waals surface area contributed by atoms with Gasteiger partial charge < -0.3 is 14.2 Å². The molecule has 0 bridgehead atoms. The maximum Gasteiger partial charge on any atom is 0.127 e. The highest BCUT2D eigenvalue weighted by Gasteiger charge is 2.14. The Morgan fingerprint density at radius 1 is 1.12 bits per heavy atom. The van der Waals surface area contributed by atoms with Gasteiger partial charge in [-0.25, -0.2) is 4.39 Å². The summed E-state index contributed by atoms with van der Waals surface area (Å²) < 4.78 is 30.9. The van der Waals surface area contributed by atoms with Crippen LogP contribution in [0.1, 0.15) is 6.42 Å². The smallest absolute Gasteiger partial charge is 0.127 e. The van der Waals surface area contributed by atoms with E-state index in [1.54, 1.807) is 6.20 Å². The van der Waals surface area contributed by atoms with Gasteiger partial charge in [0.1, 0.15) is 11.6 Å². The van der Waals surface area contributed by atoms with E-state index in [2.05, 4.69) is 4.98 Å². The van der Waals surface area contributed by atoms with Crippen molar-refractivity contribution in [1.29, 1.82) is 0 Å². The van der Waals surface area contributed by atoms with Gasteiger partial charge in [0.15, 0.2) is 0 Å². The molecule has 1 fully saturated rings. The molecule has 0 aliphatic carbocycles. The second kappa shape index (κ2) is 7.81. The molecule has 2 aromatic carbocycles. The van der Waals surface area contributed by atoms with Crippen molar-refractivity contribution in [3.8, 4) is 16.9 Å². The summed E-state index contributed by atoms with van der Waals surface area (Å²) in [6.45, 7) is 2.29. The molecule has 1 atom stereocenters. The van der Waals surface area contributed by atoms with Crippen LogP contribution in [0.15, 0.2) is 54.7 Å². The molecule has 134 valence electrons. The normalized spacial score (nSPS) is 17.3. The van der Waals surface area contributed by atoms with Crippen LogP contribution in [0.25, 0.3) is 22.0 Å². The van der Waals surface area contributed by atoms with Gasteiger partial charge in [-0.3, -0.25) is 4.98 Å². The highest BCUT2D eigenvalue weighted by atomic mass is 19.1. The Labute approximate surface area is 151 Å². The van der Waals surface area contributed by atoms with Gasteiger partial charge in [-0.2, -0.15) is 0 Å². The zero-order valence-corrected chi connectivity index (χ0v) is 14.4. The summed E-state index contributed by atoms with van der Waals surface area (Å²) in [5.41, 5.74) is 2.48. The number of para-hydroxylation sites is 1. The lowest BCUT2D eigenvalue weighted by Crippen LogP contribution is -2.29. The predicted molar refractivity (Wildman–Crippen MR) is 97.8 cm³/mol. The number of benzene rings is 2. The van der Waals surface area contributed by atoms with E-state index in [4.69, 9.17) is 14.2 Å². The van der Waals surface area contributed by atoms with E-state index in [9.17, 15) is 4.39 Å². The molecule has 0 saturated carbocycles. The van der Waals surface area contributed by atoms with Crippen molar-refractivity contribution in [2.24, 2.45) is 0 Å². The van der Waals surface area contributed by atoms with Crippen molar-refractivity contribution in [1.82, 2.24) is 4.98 Å². The number of ether oxygens (including phenoxy) is 3. The number of nitrogens with zero attached hydrogens (tertiary/aromatic N) is 1. The van der Waals surface area contributed by atoms with Crippen molar-refractivity contribution in [3.05, 3.63) is 60.5 Å². The molecule has 2 heterocycles. The summed E-state index contributed by atoms with van der Waals surface area (Å²) in [7, 11) is 0. The van der Waals surface area contributed by atoms with Crippen LogP contribution in [0, 0.1) is 5.82 Å². The van der Waals surface area contributed by atoms with Crippen molar-refractivity contribution >= 4 is 10.9 Å². The Morgan fingerprint density at radius 2 is 2.04 bits per heavy atom. The number of rotatable bonds is 5. The maximum atomic E-state index is 14.2. The van der Waals surface area contributed by atoms with Crippen LogP contribution in [0.5, 0.6) is 5.75 Å². The fourth-order valence-corrected chi connectivity index (χ4v) is 3.15. The molecule has 0 spiro atoms. The molecule has 0 radical (unpaired) electrons. The van der Waals surface area contributed by atoms with Crippen molar-refractivity contribution in [3.63, 3.8) is 0 Å². The minimum atomic E-state index is -0.331. The molecule has 1 aliphatic heterocycles. The largest absolute Gasteiger partial charge is 0.493 e. The monoisotopic (exact) mass is 353 g/mol. The molecule has 4 rings (SSSR count). The summed E-state index contributed by atoms with van der Waals surface area (Å²) >= 11 is 0. The van der Waals surface area contributed by atoms with E-state index in [1.807, 2.05) is 36.4 Å². The first kappa shape index (κ1) is 16.9. The molecular formula is C21H20FNO3. The molecule has 5 heteroatoms. The van der Waals surface area contributed by atoms with Gasteiger partial charge in [0, 0.05) is 29.6 Å². The molecule has 0 amide bonds. The van der Waals surface area contributed by atoms with E-state index in [0.717, 1.165) is 22.0 Å². The van der Waals surface area contributed by atoms with Gasteiger partial charge in [0.05, 0.1) is 38.0 Å². The first-order valence-corrected chi connectivity index (χ1v) is 8.76. The molecule has 1 aromatic heterocycles. The average Bonchev–Trinajstić information content (AvgIpc) is 2.68. The van der Waals surface area contributed by atoms with Gasteiger partial charge in [0.25, 0.3) is 0 Å². The van der Waals surface area contributed by atoms with Gasteiger partial charge in [0.2, 0.25) is 0 Å². The van der Waals surface area contributed by atoms with Gasteiger partial charge in [-0.15, -0.1) is 0 Å². The fourth-order valence-electron chi connectivity index (χ4n) is 3.15. The molecule has 0 N–H and O–H groups in total. The molecule has 26 heavy (non-hydrogen) atoms. The highest BCUT2D eigenvalue weighted by molar-refractivity contribution is 5.93. The van der Waals surface area contributed by atoms with E-state index in [1.165, 1.54) is 12.1 Å². The van der Waals surface area contributed by atoms with E-state index < -0.39 is 0 Å². The summed E-state index contributed by atoms with van der Waals surface area (Å²) in [5, 5.41) is 1.02. The third-order valence-corrected chi connectivity index (χ3v) is 4.41. The topological polar surface area (TPSA) is 40.6 Å². The first-order chi connectivity index (χ1) is 12.8. The highest BCUT2D eigenvalue weighted by Crippen LogP contribution is 2.30. The maximum absolute atomic E-state index is 14.2.